The molecule has 2 saturated heterocycles. The lowest BCUT2D eigenvalue weighted by Gasteiger charge is -2.41. The lowest BCUT2D eigenvalue weighted by atomic mass is 9.79. The second-order valence-electron chi connectivity index (χ2n) is 6.17. The molecule has 110 valence electrons. The van der Waals surface area contributed by atoms with Gasteiger partial charge in [0.05, 0.1) is 5.60 Å². The molecule has 0 radical (unpaired) electrons. The zero-order chi connectivity index (χ0) is 13.8. The largest absolute Gasteiger partial charge is 0.374 e. The van der Waals surface area contributed by atoms with Crippen LogP contribution in [0.3, 0.4) is 0 Å². The number of hydrogen-bond acceptors (Lipinski definition) is 3. The Morgan fingerprint density at radius 1 is 1.40 bits per heavy atom. The Morgan fingerprint density at radius 3 is 2.95 bits per heavy atom. The van der Waals surface area contributed by atoms with Crippen molar-refractivity contribution < 1.29 is 4.74 Å². The van der Waals surface area contributed by atoms with Crippen LogP contribution in [0.25, 0.3) is 0 Å². The van der Waals surface area contributed by atoms with Crippen molar-refractivity contribution in [2.75, 3.05) is 25.2 Å². The standard InChI is InChI=1S/C17H25NOS/c1-18-16(11-14-5-3-2-4-6-14)15-7-9-19-17(12-15)8-10-20-13-17/h2-6,15-16,18H,7-13H2,1H3. The van der Waals surface area contributed by atoms with E-state index in [0.29, 0.717) is 6.04 Å². The number of likely N-dealkylation sites (N-methyl/N-ethyl adjacent to an activating group) is 1. The van der Waals surface area contributed by atoms with Crippen LogP contribution in [0.2, 0.25) is 0 Å². The summed E-state index contributed by atoms with van der Waals surface area (Å²) in [5.74, 6) is 3.22. The second kappa shape index (κ2) is 6.50. The van der Waals surface area contributed by atoms with E-state index in [2.05, 4.69) is 54.5 Å². The summed E-state index contributed by atoms with van der Waals surface area (Å²) in [5.41, 5.74) is 1.63. The first kappa shape index (κ1) is 14.4. The van der Waals surface area contributed by atoms with E-state index in [1.807, 2.05) is 0 Å². The van der Waals surface area contributed by atoms with Crippen LogP contribution in [0, 0.1) is 5.92 Å². The zero-order valence-electron chi connectivity index (χ0n) is 12.3. The van der Waals surface area contributed by atoms with Crippen molar-refractivity contribution in [1.29, 1.82) is 0 Å². The van der Waals surface area contributed by atoms with Gasteiger partial charge in [-0.15, -0.1) is 0 Å². The Labute approximate surface area is 126 Å². The van der Waals surface area contributed by atoms with Gasteiger partial charge in [-0.1, -0.05) is 30.3 Å². The van der Waals surface area contributed by atoms with Gasteiger partial charge in [0.2, 0.25) is 0 Å². The van der Waals surface area contributed by atoms with Gasteiger partial charge in [-0.3, -0.25) is 0 Å². The fourth-order valence-electron chi connectivity index (χ4n) is 3.64. The highest BCUT2D eigenvalue weighted by atomic mass is 32.2. The highest BCUT2D eigenvalue weighted by Gasteiger charge is 2.42. The molecule has 2 nitrogen and oxygen atoms in total. The Balaban J connectivity index is 1.66. The van der Waals surface area contributed by atoms with Crippen molar-refractivity contribution >= 4 is 11.8 Å². The average Bonchev–Trinajstić information content (AvgIpc) is 2.93. The number of ether oxygens (including phenoxy) is 1. The second-order valence-corrected chi connectivity index (χ2v) is 7.28. The maximum absolute atomic E-state index is 6.15. The molecule has 0 aliphatic carbocycles. The van der Waals surface area contributed by atoms with Crippen LogP contribution in [0.4, 0.5) is 0 Å². The predicted molar refractivity (Wildman–Crippen MR) is 86.3 cm³/mol. The van der Waals surface area contributed by atoms with Crippen molar-refractivity contribution in [3.8, 4) is 0 Å². The maximum atomic E-state index is 6.15. The van der Waals surface area contributed by atoms with Crippen LogP contribution in [-0.2, 0) is 11.2 Å². The van der Waals surface area contributed by atoms with Gasteiger partial charge in [0.15, 0.2) is 0 Å². The Bertz CT molecular complexity index is 416. The first-order valence-corrected chi connectivity index (χ1v) is 8.90. The molecule has 3 rings (SSSR count). The van der Waals surface area contributed by atoms with E-state index in [1.165, 1.54) is 36.3 Å². The van der Waals surface area contributed by atoms with E-state index in [9.17, 15) is 0 Å². The molecule has 1 aromatic carbocycles. The number of benzene rings is 1. The van der Waals surface area contributed by atoms with Crippen LogP contribution in [0.15, 0.2) is 30.3 Å². The van der Waals surface area contributed by atoms with Gasteiger partial charge in [0.1, 0.15) is 0 Å². The molecule has 3 atom stereocenters. The summed E-state index contributed by atoms with van der Waals surface area (Å²) < 4.78 is 6.15. The highest BCUT2D eigenvalue weighted by Crippen LogP contribution is 2.41. The van der Waals surface area contributed by atoms with E-state index in [-0.39, 0.29) is 5.60 Å². The van der Waals surface area contributed by atoms with Gasteiger partial charge in [0, 0.05) is 18.4 Å². The third kappa shape index (κ3) is 3.21. The number of nitrogens with one attached hydrogen (secondary N) is 1. The summed E-state index contributed by atoms with van der Waals surface area (Å²) in [6.45, 7) is 0.943. The summed E-state index contributed by atoms with van der Waals surface area (Å²) >= 11 is 2.06. The third-order valence-electron chi connectivity index (χ3n) is 4.84. The van der Waals surface area contributed by atoms with E-state index in [1.54, 1.807) is 0 Å². The maximum Gasteiger partial charge on any atom is 0.0783 e. The smallest absolute Gasteiger partial charge is 0.0783 e. The molecule has 0 saturated carbocycles. The minimum absolute atomic E-state index is 0.194. The van der Waals surface area contributed by atoms with Crippen LogP contribution in [-0.4, -0.2) is 36.8 Å². The van der Waals surface area contributed by atoms with Gasteiger partial charge in [0.25, 0.3) is 0 Å². The molecular weight excluding hydrogens is 266 g/mol. The molecule has 2 aliphatic rings. The Morgan fingerprint density at radius 2 is 2.25 bits per heavy atom. The monoisotopic (exact) mass is 291 g/mol. The fourth-order valence-corrected chi connectivity index (χ4v) is 5.02. The topological polar surface area (TPSA) is 21.3 Å². The molecule has 2 heterocycles. The average molecular weight is 291 g/mol. The Kier molecular flexibility index (Phi) is 4.69. The molecule has 2 fully saturated rings. The molecule has 3 unspecified atom stereocenters. The third-order valence-corrected chi connectivity index (χ3v) is 6.06. The summed E-state index contributed by atoms with van der Waals surface area (Å²) in [4.78, 5) is 0. The van der Waals surface area contributed by atoms with Gasteiger partial charge in [-0.05, 0) is 50.0 Å². The molecule has 0 aromatic heterocycles. The van der Waals surface area contributed by atoms with Crippen molar-refractivity contribution in [3.63, 3.8) is 0 Å². The number of rotatable bonds is 4. The summed E-state index contributed by atoms with van der Waals surface area (Å²) in [6, 6.07) is 11.4. The molecule has 0 amide bonds. The van der Waals surface area contributed by atoms with Gasteiger partial charge in [-0.25, -0.2) is 0 Å². The quantitative estimate of drug-likeness (QED) is 0.921. The van der Waals surface area contributed by atoms with Gasteiger partial charge in [-0.2, -0.15) is 11.8 Å². The van der Waals surface area contributed by atoms with E-state index in [0.717, 1.165) is 18.9 Å². The summed E-state index contributed by atoms with van der Waals surface area (Å²) in [5, 5.41) is 3.56. The molecule has 2 aliphatic heterocycles. The molecule has 1 aromatic rings. The molecule has 1 spiro atoms. The minimum Gasteiger partial charge on any atom is -0.374 e. The number of hydrogen-bond donors (Lipinski definition) is 1. The highest BCUT2D eigenvalue weighted by molar-refractivity contribution is 7.99. The van der Waals surface area contributed by atoms with E-state index < -0.39 is 0 Å². The van der Waals surface area contributed by atoms with Crippen LogP contribution in [0.1, 0.15) is 24.8 Å². The Hall–Kier alpha value is -0.510. The predicted octanol–water partition coefficient (Wildman–Crippen LogP) is 3.12. The van der Waals surface area contributed by atoms with Crippen molar-refractivity contribution in [1.82, 2.24) is 5.32 Å². The van der Waals surface area contributed by atoms with E-state index in [4.69, 9.17) is 4.74 Å². The molecule has 1 N–H and O–H groups in total. The lowest BCUT2D eigenvalue weighted by molar-refractivity contribution is -0.0847. The van der Waals surface area contributed by atoms with Gasteiger partial charge < -0.3 is 10.1 Å². The fraction of sp³-hybridized carbons (Fsp3) is 0.647. The molecular formula is C17H25NOS. The number of thioether (sulfide) groups is 1. The lowest BCUT2D eigenvalue weighted by Crippen LogP contribution is -2.47. The minimum atomic E-state index is 0.194. The van der Waals surface area contributed by atoms with Crippen LogP contribution in [0.5, 0.6) is 0 Å². The van der Waals surface area contributed by atoms with Crippen molar-refractivity contribution in [2.45, 2.75) is 37.3 Å². The van der Waals surface area contributed by atoms with E-state index >= 15 is 0 Å². The zero-order valence-corrected chi connectivity index (χ0v) is 13.1. The van der Waals surface area contributed by atoms with Crippen LogP contribution >= 0.6 is 11.8 Å². The SMILES string of the molecule is CNC(Cc1ccccc1)C1CCOC2(CCSC2)C1. The first-order valence-electron chi connectivity index (χ1n) is 7.74. The molecule has 3 heteroatoms. The summed E-state index contributed by atoms with van der Waals surface area (Å²) in [6.07, 6.45) is 4.81. The molecule has 20 heavy (non-hydrogen) atoms. The van der Waals surface area contributed by atoms with Crippen LogP contribution < -0.4 is 5.32 Å². The first-order chi connectivity index (χ1) is 9.81. The normalized spacial score (nSPS) is 31.6. The van der Waals surface area contributed by atoms with Crippen molar-refractivity contribution in [2.24, 2.45) is 5.92 Å². The van der Waals surface area contributed by atoms with Gasteiger partial charge >= 0.3 is 0 Å². The summed E-state index contributed by atoms with van der Waals surface area (Å²) in [7, 11) is 2.11. The van der Waals surface area contributed by atoms with Crippen molar-refractivity contribution in [3.05, 3.63) is 35.9 Å². The molecule has 0 bridgehead atoms.